The van der Waals surface area contributed by atoms with E-state index in [0.717, 1.165) is 52.0 Å². The van der Waals surface area contributed by atoms with E-state index in [1.54, 1.807) is 0 Å². The molecule has 2 N–H and O–H groups in total. The molecule has 0 spiro atoms. The van der Waals surface area contributed by atoms with Gasteiger partial charge < -0.3 is 20.3 Å². The number of rotatable bonds is 1. The molecule has 128 valence electrons. The second-order valence-electron chi connectivity index (χ2n) is 7.58. The fraction of sp³-hybridized carbons (Fsp3) is 0.938. The van der Waals surface area contributed by atoms with Crippen LogP contribution in [-0.2, 0) is 9.53 Å². The Labute approximate surface area is 139 Å². The van der Waals surface area contributed by atoms with Crippen molar-refractivity contribution < 1.29 is 9.53 Å². The van der Waals surface area contributed by atoms with E-state index in [2.05, 4.69) is 25.8 Å². The summed E-state index contributed by atoms with van der Waals surface area (Å²) >= 11 is 0. The van der Waals surface area contributed by atoms with Gasteiger partial charge in [0.1, 0.15) is 5.54 Å². The molecule has 1 aliphatic carbocycles. The number of halogens is 1. The lowest BCUT2D eigenvalue weighted by molar-refractivity contribution is -0.230. The largest absolute Gasteiger partial charge is 0.377 e. The molecule has 3 fully saturated rings. The Balaban J connectivity index is 0.00000176. The van der Waals surface area contributed by atoms with Gasteiger partial charge in [0, 0.05) is 37.6 Å². The zero-order valence-electron chi connectivity index (χ0n) is 14.0. The summed E-state index contributed by atoms with van der Waals surface area (Å²) in [5, 5.41) is 0. The van der Waals surface area contributed by atoms with Crippen molar-refractivity contribution in [2.45, 2.75) is 44.8 Å². The number of hydrogen-bond donors (Lipinski definition) is 1. The summed E-state index contributed by atoms with van der Waals surface area (Å²) in [6.07, 6.45) is 3.22. The lowest BCUT2D eigenvalue weighted by Crippen LogP contribution is -2.82. The number of nitrogens with zero attached hydrogens (tertiary/aromatic N) is 2. The van der Waals surface area contributed by atoms with E-state index < -0.39 is 5.54 Å². The molecular formula is C16H30ClN3O2. The Bertz CT molecular complexity index is 432. The van der Waals surface area contributed by atoms with Crippen LogP contribution < -0.4 is 5.73 Å². The van der Waals surface area contributed by atoms with Crippen molar-refractivity contribution in [2.75, 3.05) is 39.8 Å². The first-order valence-corrected chi connectivity index (χ1v) is 8.27. The molecule has 3 atom stereocenters. The van der Waals surface area contributed by atoms with Crippen LogP contribution in [0.1, 0.15) is 33.1 Å². The number of fused-ring (bicyclic) bond motifs is 1. The number of likely N-dealkylation sites (N-methyl/N-ethyl adjacent to an activating group) is 1. The highest BCUT2D eigenvalue weighted by Gasteiger charge is 2.70. The normalized spacial score (nSPS) is 38.3. The van der Waals surface area contributed by atoms with Crippen molar-refractivity contribution in [3.05, 3.63) is 0 Å². The van der Waals surface area contributed by atoms with Gasteiger partial charge >= 0.3 is 0 Å². The first kappa shape index (κ1) is 18.0. The minimum absolute atomic E-state index is 0. The van der Waals surface area contributed by atoms with Gasteiger partial charge in [-0.15, -0.1) is 12.4 Å². The van der Waals surface area contributed by atoms with Crippen LogP contribution in [0.5, 0.6) is 0 Å². The van der Waals surface area contributed by atoms with Gasteiger partial charge in [0.15, 0.2) is 0 Å². The predicted octanol–water partition coefficient (Wildman–Crippen LogP) is 1.10. The third-order valence-corrected chi connectivity index (χ3v) is 6.05. The van der Waals surface area contributed by atoms with E-state index in [0.29, 0.717) is 0 Å². The van der Waals surface area contributed by atoms with Gasteiger partial charge in [-0.1, -0.05) is 13.8 Å². The Kier molecular flexibility index (Phi) is 5.12. The van der Waals surface area contributed by atoms with Crippen LogP contribution in [0.2, 0.25) is 0 Å². The van der Waals surface area contributed by atoms with E-state index in [-0.39, 0.29) is 35.8 Å². The lowest BCUT2D eigenvalue weighted by Gasteiger charge is -2.65. The molecule has 6 heteroatoms. The third-order valence-electron chi connectivity index (χ3n) is 6.05. The monoisotopic (exact) mass is 331 g/mol. The molecule has 5 nitrogen and oxygen atoms in total. The zero-order chi connectivity index (χ0) is 15.3. The number of ether oxygens (including phenoxy) is 1. The van der Waals surface area contributed by atoms with Gasteiger partial charge in [-0.2, -0.15) is 0 Å². The summed E-state index contributed by atoms with van der Waals surface area (Å²) in [7, 11) is 2.12. The molecule has 2 heterocycles. The Morgan fingerprint density at radius 1 is 1.18 bits per heavy atom. The summed E-state index contributed by atoms with van der Waals surface area (Å²) in [5.74, 6) is 0.337. The number of hydrogen-bond acceptors (Lipinski definition) is 4. The second kappa shape index (κ2) is 6.27. The van der Waals surface area contributed by atoms with E-state index >= 15 is 0 Å². The molecule has 0 aromatic rings. The summed E-state index contributed by atoms with van der Waals surface area (Å²) in [6.45, 7) is 8.62. The lowest BCUT2D eigenvalue weighted by atomic mass is 9.46. The SMILES string of the molecule is CN1CCCN(C(=O)C2(N)C3CCCOC3C2(C)C)CC1.Cl. The molecule has 22 heavy (non-hydrogen) atoms. The van der Waals surface area contributed by atoms with Crippen LogP contribution in [0.15, 0.2) is 0 Å². The van der Waals surface area contributed by atoms with Crippen LogP contribution in [0.4, 0.5) is 0 Å². The molecule has 1 saturated carbocycles. The summed E-state index contributed by atoms with van der Waals surface area (Å²) < 4.78 is 5.91. The van der Waals surface area contributed by atoms with Crippen LogP contribution in [0.25, 0.3) is 0 Å². The molecule has 0 bridgehead atoms. The van der Waals surface area contributed by atoms with Gasteiger partial charge in [-0.25, -0.2) is 0 Å². The van der Waals surface area contributed by atoms with Gasteiger partial charge in [-0.3, -0.25) is 4.79 Å². The fourth-order valence-electron chi connectivity index (χ4n) is 4.52. The molecule has 3 rings (SSSR count). The molecule has 3 aliphatic rings. The molecule has 0 aromatic carbocycles. The maximum absolute atomic E-state index is 13.2. The van der Waals surface area contributed by atoms with E-state index in [1.165, 1.54) is 0 Å². The van der Waals surface area contributed by atoms with Gasteiger partial charge in [0.05, 0.1) is 6.10 Å². The number of amides is 1. The molecule has 2 saturated heterocycles. The van der Waals surface area contributed by atoms with Crippen molar-refractivity contribution in [2.24, 2.45) is 17.1 Å². The average molecular weight is 332 g/mol. The van der Waals surface area contributed by atoms with Crippen LogP contribution >= 0.6 is 12.4 Å². The maximum atomic E-state index is 13.2. The highest BCUT2D eigenvalue weighted by Crippen LogP contribution is 2.57. The van der Waals surface area contributed by atoms with Crippen LogP contribution in [-0.4, -0.2) is 67.2 Å². The minimum atomic E-state index is -0.749. The minimum Gasteiger partial charge on any atom is -0.377 e. The van der Waals surface area contributed by atoms with Crippen molar-refractivity contribution >= 4 is 18.3 Å². The van der Waals surface area contributed by atoms with Gasteiger partial charge in [0.2, 0.25) is 5.91 Å². The van der Waals surface area contributed by atoms with Crippen LogP contribution in [0, 0.1) is 11.3 Å². The number of carbonyl (C=O) groups excluding carboxylic acids is 1. The summed E-state index contributed by atoms with van der Waals surface area (Å²) in [5.41, 5.74) is 5.69. The first-order valence-electron chi connectivity index (χ1n) is 8.27. The Morgan fingerprint density at radius 2 is 1.91 bits per heavy atom. The van der Waals surface area contributed by atoms with Crippen molar-refractivity contribution in [3.8, 4) is 0 Å². The van der Waals surface area contributed by atoms with E-state index in [4.69, 9.17) is 10.5 Å². The molecule has 0 radical (unpaired) electrons. The fourth-order valence-corrected chi connectivity index (χ4v) is 4.52. The Morgan fingerprint density at radius 3 is 2.64 bits per heavy atom. The van der Waals surface area contributed by atoms with Crippen molar-refractivity contribution in [1.29, 1.82) is 0 Å². The Hall–Kier alpha value is -0.360. The number of nitrogens with two attached hydrogens (primary N) is 1. The average Bonchev–Trinajstić information content (AvgIpc) is 2.70. The quantitative estimate of drug-likeness (QED) is 0.782. The van der Waals surface area contributed by atoms with Crippen LogP contribution in [0.3, 0.4) is 0 Å². The zero-order valence-corrected chi connectivity index (χ0v) is 14.8. The standard InChI is InChI=1S/C16H29N3O2.ClH/c1-15(2)13-12(6-4-11-21-13)16(15,17)14(20)19-8-5-7-18(3)9-10-19;/h12-13H,4-11,17H2,1-3H3;1H. The smallest absolute Gasteiger partial charge is 0.243 e. The summed E-state index contributed by atoms with van der Waals surface area (Å²) in [6, 6.07) is 0. The van der Waals surface area contributed by atoms with Crippen molar-refractivity contribution in [1.82, 2.24) is 9.80 Å². The highest BCUT2D eigenvalue weighted by molar-refractivity contribution is 5.89. The van der Waals surface area contributed by atoms with E-state index in [9.17, 15) is 4.79 Å². The number of carbonyl (C=O) groups is 1. The molecule has 1 amide bonds. The van der Waals surface area contributed by atoms with Gasteiger partial charge in [0.25, 0.3) is 0 Å². The first-order chi connectivity index (χ1) is 9.89. The second-order valence-corrected chi connectivity index (χ2v) is 7.58. The van der Waals surface area contributed by atoms with Crippen molar-refractivity contribution in [3.63, 3.8) is 0 Å². The molecule has 2 aliphatic heterocycles. The maximum Gasteiger partial charge on any atom is 0.243 e. The highest BCUT2D eigenvalue weighted by atomic mass is 35.5. The summed E-state index contributed by atoms with van der Waals surface area (Å²) in [4.78, 5) is 17.4. The molecular weight excluding hydrogens is 302 g/mol. The topological polar surface area (TPSA) is 58.8 Å². The van der Waals surface area contributed by atoms with Gasteiger partial charge in [-0.05, 0) is 32.9 Å². The molecule has 0 aromatic heterocycles. The molecule has 3 unspecified atom stereocenters. The van der Waals surface area contributed by atoms with E-state index in [1.807, 2.05) is 4.90 Å². The third kappa shape index (κ3) is 2.46. The predicted molar refractivity (Wildman–Crippen MR) is 89.1 cm³/mol.